The van der Waals surface area contributed by atoms with Crippen LogP contribution < -0.4 is 52.8 Å². The van der Waals surface area contributed by atoms with E-state index < -0.39 is 8.07 Å². The van der Waals surface area contributed by atoms with Crippen molar-refractivity contribution in [3.63, 3.8) is 0 Å². The summed E-state index contributed by atoms with van der Waals surface area (Å²) in [5, 5.41) is 5.99. The van der Waals surface area contributed by atoms with Gasteiger partial charge in [-0.2, -0.15) is 6.08 Å². The molecule has 3 aromatic rings. The van der Waals surface area contributed by atoms with Gasteiger partial charge in [0.05, 0.1) is 0 Å². The molecule has 3 aromatic carbocycles. The Morgan fingerprint density at radius 3 is 1.36 bits per heavy atom. The average Bonchev–Trinajstić information content (AvgIpc) is 3.29. The smallest absolute Gasteiger partial charge is 1.00 e. The fourth-order valence-electron chi connectivity index (χ4n) is 6.49. The number of unbranched alkanes of at least 4 members (excludes halogenated alkanes) is 1. The first-order valence-electron chi connectivity index (χ1n) is 15.3. The molecule has 0 saturated carbocycles. The first-order chi connectivity index (χ1) is 18.7. The quantitative estimate of drug-likeness (QED) is 0.182. The molecule has 0 heterocycles. The summed E-state index contributed by atoms with van der Waals surface area (Å²) < 4.78 is 0. The summed E-state index contributed by atoms with van der Waals surface area (Å²) in [5.41, 5.74) is 9.87. The van der Waals surface area contributed by atoms with Gasteiger partial charge >= 0.3 is 21.7 Å². The number of aryl methyl sites for hydroxylation is 4. The summed E-state index contributed by atoms with van der Waals surface area (Å²) in [6.07, 6.45) is 11.0. The maximum Gasteiger partial charge on any atom is 4.00 e. The molecule has 0 fully saturated rings. The molecule has 5 heteroatoms. The molecule has 0 amide bonds. The van der Waals surface area contributed by atoms with Crippen molar-refractivity contribution in [1.29, 1.82) is 0 Å². The van der Waals surface area contributed by atoms with Crippen molar-refractivity contribution in [2.75, 3.05) is 0 Å². The zero-order valence-corrected chi connectivity index (χ0v) is 33.6. The van der Waals surface area contributed by atoms with E-state index in [4.69, 9.17) is 0 Å². The van der Waals surface area contributed by atoms with Crippen molar-refractivity contribution in [3.8, 4) is 0 Å². The van der Waals surface area contributed by atoms with Crippen molar-refractivity contribution < 1.29 is 58.9 Å². The third kappa shape index (κ3) is 9.05. The van der Waals surface area contributed by atoms with Gasteiger partial charge in [0.2, 0.25) is 0 Å². The van der Waals surface area contributed by atoms with Crippen LogP contribution >= 0.6 is 0 Å². The minimum absolute atomic E-state index is 0. The van der Waals surface area contributed by atoms with Gasteiger partial charge in [-0.05, 0) is 65.2 Å². The van der Waals surface area contributed by atoms with Crippen molar-refractivity contribution in [3.05, 3.63) is 111 Å². The van der Waals surface area contributed by atoms with E-state index in [0.717, 1.165) is 12.8 Å². The number of hydrogen-bond donors (Lipinski definition) is 0. The van der Waals surface area contributed by atoms with Gasteiger partial charge in [-0.25, -0.2) is 10.8 Å². The largest absolute Gasteiger partial charge is 4.00 e. The van der Waals surface area contributed by atoms with Gasteiger partial charge in [-0.15, -0.1) is 6.42 Å². The maximum atomic E-state index is 4.03. The van der Waals surface area contributed by atoms with Crippen LogP contribution in [0.1, 0.15) is 108 Å². The Morgan fingerprint density at radius 1 is 0.614 bits per heavy atom. The second-order valence-corrected chi connectivity index (χ2v) is 18.1. The second-order valence-electron chi connectivity index (χ2n) is 14.4. The fourth-order valence-corrected chi connectivity index (χ4v) is 11.9. The molecule has 1 aliphatic carbocycles. The zero-order chi connectivity index (χ0) is 29.5. The predicted molar refractivity (Wildman–Crippen MR) is 179 cm³/mol. The van der Waals surface area contributed by atoms with Crippen LogP contribution in [0.5, 0.6) is 0 Å². The Labute approximate surface area is 304 Å². The van der Waals surface area contributed by atoms with Gasteiger partial charge < -0.3 is 37.2 Å². The van der Waals surface area contributed by atoms with Crippen LogP contribution in [0.2, 0.25) is 0 Å². The predicted octanol–water partition coefficient (Wildman–Crippen LogP) is -0.216. The van der Waals surface area contributed by atoms with E-state index in [1.807, 2.05) is 0 Å². The average molecular weight is 702 g/mol. The van der Waals surface area contributed by atoms with Crippen LogP contribution in [0.15, 0.2) is 71.4 Å². The van der Waals surface area contributed by atoms with E-state index in [2.05, 4.69) is 143 Å². The molecule has 0 radical (unpaired) electrons. The Morgan fingerprint density at radius 2 is 1.00 bits per heavy atom. The fraction of sp³-hybridized carbons (Fsp3) is 0.436. The van der Waals surface area contributed by atoms with E-state index in [0.29, 0.717) is 0 Å². The summed E-state index contributed by atoms with van der Waals surface area (Å²) in [6.45, 7) is 25.6. The van der Waals surface area contributed by atoms with Gasteiger partial charge in [0.15, 0.2) is 0 Å². The summed E-state index contributed by atoms with van der Waals surface area (Å²) in [7, 11) is -2.71. The third-order valence-corrected chi connectivity index (χ3v) is 13.2. The molecule has 0 N–H and O–H groups in total. The number of rotatable bonds is 7. The molecular weight excluding hydrogens is 651 g/mol. The molecule has 0 saturated heterocycles. The number of allylic oxidation sites excluding steroid dienone is 4. The molecule has 44 heavy (non-hydrogen) atoms. The molecular formula is C39H51Cl3SiTi. The normalized spacial score (nSPS) is 13.1. The number of benzene rings is 3. The third-order valence-electron chi connectivity index (χ3n) is 8.53. The van der Waals surface area contributed by atoms with Gasteiger partial charge in [0.25, 0.3) is 0 Å². The summed E-state index contributed by atoms with van der Waals surface area (Å²) >= 11 is 0. The molecule has 0 aliphatic heterocycles. The van der Waals surface area contributed by atoms with Crippen LogP contribution in [0.25, 0.3) is 0 Å². The first-order valence-corrected chi connectivity index (χ1v) is 17.3. The van der Waals surface area contributed by atoms with Gasteiger partial charge in [-0.3, -0.25) is 6.08 Å². The monoisotopic (exact) mass is 700 g/mol. The van der Waals surface area contributed by atoms with Crippen molar-refractivity contribution in [1.82, 2.24) is 0 Å². The Balaban J connectivity index is 0.00000462. The Bertz CT molecular complexity index is 1350. The molecule has 0 spiro atoms. The summed E-state index contributed by atoms with van der Waals surface area (Å²) in [4.78, 5) is 0. The summed E-state index contributed by atoms with van der Waals surface area (Å²) in [5.74, 6) is 0. The van der Waals surface area contributed by atoms with Gasteiger partial charge in [-0.1, -0.05) is 145 Å². The molecule has 0 atom stereocenters. The van der Waals surface area contributed by atoms with Crippen LogP contribution in [-0.4, -0.2) is 8.07 Å². The van der Waals surface area contributed by atoms with E-state index >= 15 is 0 Å². The molecule has 0 unspecified atom stereocenters. The summed E-state index contributed by atoms with van der Waals surface area (Å²) in [6, 6.07) is 22.3. The number of halogens is 3. The van der Waals surface area contributed by atoms with Crippen LogP contribution in [0.3, 0.4) is 0 Å². The van der Waals surface area contributed by atoms with Crippen molar-refractivity contribution in [2.24, 2.45) is 0 Å². The molecule has 0 nitrogen and oxygen atoms in total. The second kappa shape index (κ2) is 16.7. The molecule has 1 aliphatic rings. The van der Waals surface area contributed by atoms with E-state index in [1.54, 1.807) is 0 Å². The first kappa shape index (κ1) is 42.9. The Kier molecular flexibility index (Phi) is 16.3. The molecule has 0 aromatic heterocycles. The molecule has 4 rings (SSSR count). The van der Waals surface area contributed by atoms with E-state index in [-0.39, 0.29) is 69.8 Å². The maximum absolute atomic E-state index is 4.03. The van der Waals surface area contributed by atoms with Crippen LogP contribution in [-0.2, 0) is 32.5 Å². The van der Waals surface area contributed by atoms with E-state index in [1.165, 1.54) is 72.6 Å². The van der Waals surface area contributed by atoms with Crippen molar-refractivity contribution >= 4 is 23.6 Å². The van der Waals surface area contributed by atoms with Gasteiger partial charge in [0.1, 0.15) is 8.07 Å². The van der Waals surface area contributed by atoms with Crippen LogP contribution in [0.4, 0.5) is 0 Å². The van der Waals surface area contributed by atoms with Gasteiger partial charge in [0, 0.05) is 0 Å². The van der Waals surface area contributed by atoms with E-state index in [9.17, 15) is 0 Å². The Hall–Kier alpha value is -1.06. The minimum atomic E-state index is -2.71. The SMILES string of the molecule is CCCCC1=CC[C-]=C1[Si](c1cc(C)cc(C)c1)(c1cc(C)cc(C)c1)c1cc(C(C)(C)C)cc(C(C)(C)C)c1.[Cl-].[Cl-].[Cl-].[Ti+4]. The molecule has 236 valence electrons. The molecule has 0 bridgehead atoms. The standard InChI is InChI=1S/C39H51Si.3ClH.Ti/c1-12-13-15-31-16-14-17-37(31)40(34-20-27(2)18-28(3)21-34,35-22-29(4)19-30(5)23-35)36-25-32(38(6,7)8)24-33(26-36)39(9,10)11;;;;/h16,18-26H,12-15H2,1-11H3;3*1H;/q-1;;;;+4/p-3. The zero-order valence-electron chi connectivity index (χ0n) is 28.7. The van der Waals surface area contributed by atoms with Crippen LogP contribution in [0, 0.1) is 33.8 Å². The topological polar surface area (TPSA) is 0 Å². The van der Waals surface area contributed by atoms with Crippen molar-refractivity contribution in [2.45, 2.75) is 113 Å². The number of hydrogen-bond acceptors (Lipinski definition) is 0. The minimum Gasteiger partial charge on any atom is -1.00 e.